The lowest BCUT2D eigenvalue weighted by molar-refractivity contribution is 0.0992. The van der Waals surface area contributed by atoms with E-state index in [2.05, 4.69) is 19.1 Å². The van der Waals surface area contributed by atoms with E-state index in [1.54, 1.807) is 0 Å². The third kappa shape index (κ3) is 2.62. The number of nitrogens with zero attached hydrogens (tertiary/aromatic N) is 2. The van der Waals surface area contributed by atoms with Crippen molar-refractivity contribution in [3.63, 3.8) is 0 Å². The maximum absolute atomic E-state index is 12.1. The first-order valence-corrected chi connectivity index (χ1v) is 6.00. The van der Waals surface area contributed by atoms with Crippen LogP contribution in [0.5, 0.6) is 0 Å². The quantitative estimate of drug-likeness (QED) is 0.770. The predicted octanol–water partition coefficient (Wildman–Crippen LogP) is 2.65. The summed E-state index contributed by atoms with van der Waals surface area (Å²) in [5, 5.41) is 0. The highest BCUT2D eigenvalue weighted by atomic mass is 16.1. The van der Waals surface area contributed by atoms with E-state index in [1.165, 1.54) is 5.56 Å². The number of carbonyl (C=O) groups is 1. The van der Waals surface area contributed by atoms with Gasteiger partial charge in [-0.15, -0.1) is 0 Å². The van der Waals surface area contributed by atoms with E-state index in [1.807, 2.05) is 54.0 Å². The Balaban J connectivity index is 2.10. The predicted molar refractivity (Wildman–Crippen MR) is 74.2 cm³/mol. The van der Waals surface area contributed by atoms with Gasteiger partial charge in [0.25, 0.3) is 0 Å². The van der Waals surface area contributed by atoms with Crippen LogP contribution < -0.4 is 4.90 Å². The molecule has 0 fully saturated rings. The molecule has 2 aromatic rings. The first-order chi connectivity index (χ1) is 8.58. The molecule has 0 unspecified atom stereocenters. The summed E-state index contributed by atoms with van der Waals surface area (Å²) in [5.41, 5.74) is 3.01. The number of Topliss-reactive ketones (excluding diaryl/α,β-unsaturated/α-hetero) is 1. The number of benzene rings is 1. The van der Waals surface area contributed by atoms with E-state index >= 15 is 0 Å². The van der Waals surface area contributed by atoms with E-state index in [0.717, 1.165) is 11.4 Å². The molecule has 0 saturated heterocycles. The van der Waals surface area contributed by atoms with Gasteiger partial charge in [-0.05, 0) is 36.8 Å². The number of carbonyl (C=O) groups excluding carboxylic acids is 1. The van der Waals surface area contributed by atoms with Gasteiger partial charge in [-0.2, -0.15) is 0 Å². The van der Waals surface area contributed by atoms with Gasteiger partial charge >= 0.3 is 0 Å². The van der Waals surface area contributed by atoms with Crippen LogP contribution in [0, 0.1) is 6.92 Å². The molecule has 0 N–H and O–H groups in total. The summed E-state index contributed by atoms with van der Waals surface area (Å²) in [6.45, 7) is 2.44. The van der Waals surface area contributed by atoms with Crippen molar-refractivity contribution in [2.45, 2.75) is 6.92 Å². The minimum Gasteiger partial charge on any atom is -0.367 e. The molecule has 0 radical (unpaired) electrons. The highest BCUT2D eigenvalue weighted by Crippen LogP contribution is 2.14. The van der Waals surface area contributed by atoms with Crippen molar-refractivity contribution in [2.24, 2.45) is 7.05 Å². The van der Waals surface area contributed by atoms with Gasteiger partial charge in [-0.3, -0.25) is 4.79 Å². The topological polar surface area (TPSA) is 25.2 Å². The van der Waals surface area contributed by atoms with Gasteiger partial charge < -0.3 is 9.47 Å². The van der Waals surface area contributed by atoms with Gasteiger partial charge in [0.1, 0.15) is 0 Å². The van der Waals surface area contributed by atoms with Gasteiger partial charge in [0.2, 0.25) is 0 Å². The molecule has 1 aromatic heterocycles. The Morgan fingerprint density at radius 2 is 2.06 bits per heavy atom. The molecule has 0 amide bonds. The second-order valence-corrected chi connectivity index (χ2v) is 4.62. The highest BCUT2D eigenvalue weighted by Gasteiger charge is 2.12. The van der Waals surface area contributed by atoms with Crippen molar-refractivity contribution in [2.75, 3.05) is 18.5 Å². The fraction of sp³-hybridized carbons (Fsp3) is 0.267. The fourth-order valence-corrected chi connectivity index (χ4v) is 2.00. The van der Waals surface area contributed by atoms with Gasteiger partial charge in [-0.1, -0.05) is 12.1 Å². The molecular weight excluding hydrogens is 224 g/mol. The number of hydrogen-bond donors (Lipinski definition) is 0. The van der Waals surface area contributed by atoms with E-state index in [9.17, 15) is 4.79 Å². The Labute approximate surface area is 108 Å². The van der Waals surface area contributed by atoms with Crippen LogP contribution in [0.4, 0.5) is 5.69 Å². The van der Waals surface area contributed by atoms with Crippen LogP contribution in [0.3, 0.4) is 0 Å². The Morgan fingerprint density at radius 3 is 2.67 bits per heavy atom. The highest BCUT2D eigenvalue weighted by molar-refractivity contribution is 5.97. The summed E-state index contributed by atoms with van der Waals surface area (Å²) in [7, 11) is 3.83. The monoisotopic (exact) mass is 242 g/mol. The number of likely N-dealkylation sites (N-methyl/N-ethyl adjacent to an activating group) is 1. The molecule has 0 aliphatic heterocycles. The van der Waals surface area contributed by atoms with E-state index in [-0.39, 0.29) is 5.78 Å². The molecule has 2 rings (SSSR count). The smallest absolute Gasteiger partial charge is 0.198 e. The maximum atomic E-state index is 12.1. The average molecular weight is 242 g/mol. The lowest BCUT2D eigenvalue weighted by atomic mass is 10.2. The fourth-order valence-electron chi connectivity index (χ4n) is 2.00. The first kappa shape index (κ1) is 12.4. The third-order valence-electron chi connectivity index (χ3n) is 3.05. The second-order valence-electron chi connectivity index (χ2n) is 4.62. The van der Waals surface area contributed by atoms with Crippen LogP contribution in [0.2, 0.25) is 0 Å². The summed E-state index contributed by atoms with van der Waals surface area (Å²) in [6.07, 6.45) is 1.89. The molecule has 18 heavy (non-hydrogen) atoms. The van der Waals surface area contributed by atoms with E-state index in [0.29, 0.717) is 6.54 Å². The molecule has 0 aliphatic carbocycles. The molecule has 0 bridgehead atoms. The first-order valence-electron chi connectivity index (χ1n) is 6.00. The van der Waals surface area contributed by atoms with Crippen LogP contribution in [0.15, 0.2) is 42.6 Å². The molecule has 0 saturated carbocycles. The standard InChI is InChI=1S/C15H18N2O/c1-12-6-4-7-13(10-12)17(3)11-15(18)14-8-5-9-16(14)2/h4-10H,11H2,1-3H3. The van der Waals surface area contributed by atoms with Crippen molar-refractivity contribution in [1.29, 1.82) is 0 Å². The van der Waals surface area contributed by atoms with Crippen LogP contribution in [0.25, 0.3) is 0 Å². The lowest BCUT2D eigenvalue weighted by Gasteiger charge is -2.19. The summed E-state index contributed by atoms with van der Waals surface area (Å²) in [6, 6.07) is 11.9. The Kier molecular flexibility index (Phi) is 3.51. The van der Waals surface area contributed by atoms with Crippen molar-refractivity contribution >= 4 is 11.5 Å². The van der Waals surface area contributed by atoms with Crippen LogP contribution in [-0.2, 0) is 7.05 Å². The molecule has 3 heteroatoms. The number of hydrogen-bond acceptors (Lipinski definition) is 2. The molecule has 1 aromatic carbocycles. The summed E-state index contributed by atoms with van der Waals surface area (Å²) in [4.78, 5) is 14.1. The second kappa shape index (κ2) is 5.08. The molecule has 0 spiro atoms. The Morgan fingerprint density at radius 1 is 1.28 bits per heavy atom. The number of aromatic nitrogens is 1. The number of anilines is 1. The van der Waals surface area contributed by atoms with E-state index < -0.39 is 0 Å². The Hall–Kier alpha value is -2.03. The molecule has 1 heterocycles. The normalized spacial score (nSPS) is 10.4. The van der Waals surface area contributed by atoms with E-state index in [4.69, 9.17) is 0 Å². The van der Waals surface area contributed by atoms with Crippen LogP contribution >= 0.6 is 0 Å². The number of ketones is 1. The molecule has 0 atom stereocenters. The van der Waals surface area contributed by atoms with Gasteiger partial charge in [0, 0.05) is 26.0 Å². The van der Waals surface area contributed by atoms with Gasteiger partial charge in [0.15, 0.2) is 5.78 Å². The third-order valence-corrected chi connectivity index (χ3v) is 3.05. The summed E-state index contributed by atoms with van der Waals surface area (Å²) >= 11 is 0. The minimum atomic E-state index is 0.131. The largest absolute Gasteiger partial charge is 0.367 e. The summed E-state index contributed by atoms with van der Waals surface area (Å²) in [5.74, 6) is 0.131. The van der Waals surface area contributed by atoms with Crippen molar-refractivity contribution in [3.8, 4) is 0 Å². The van der Waals surface area contributed by atoms with Crippen LogP contribution in [-0.4, -0.2) is 23.9 Å². The maximum Gasteiger partial charge on any atom is 0.198 e. The number of aryl methyl sites for hydroxylation is 2. The van der Waals surface area contributed by atoms with Gasteiger partial charge in [0.05, 0.1) is 12.2 Å². The summed E-state index contributed by atoms with van der Waals surface area (Å²) < 4.78 is 1.85. The van der Waals surface area contributed by atoms with Crippen LogP contribution in [0.1, 0.15) is 16.1 Å². The average Bonchev–Trinajstić information content (AvgIpc) is 2.75. The molecule has 3 nitrogen and oxygen atoms in total. The van der Waals surface area contributed by atoms with Crippen molar-refractivity contribution in [3.05, 3.63) is 53.9 Å². The number of rotatable bonds is 4. The minimum absolute atomic E-state index is 0.131. The van der Waals surface area contributed by atoms with Crippen molar-refractivity contribution in [1.82, 2.24) is 4.57 Å². The zero-order chi connectivity index (χ0) is 13.1. The zero-order valence-corrected chi connectivity index (χ0v) is 11.1. The SMILES string of the molecule is Cc1cccc(N(C)CC(=O)c2cccn2C)c1. The molecule has 0 aliphatic rings. The Bertz CT molecular complexity index is 557. The zero-order valence-electron chi connectivity index (χ0n) is 11.1. The lowest BCUT2D eigenvalue weighted by Crippen LogP contribution is -2.26. The van der Waals surface area contributed by atoms with Crippen molar-refractivity contribution < 1.29 is 4.79 Å². The molecule has 94 valence electrons. The molecular formula is C15H18N2O. The van der Waals surface area contributed by atoms with Gasteiger partial charge in [-0.25, -0.2) is 0 Å².